The Morgan fingerprint density at radius 1 is 1.43 bits per heavy atom. The van der Waals surface area contributed by atoms with Crippen molar-refractivity contribution >= 4 is 11.8 Å². The fourth-order valence-corrected chi connectivity index (χ4v) is 2.34. The van der Waals surface area contributed by atoms with Crippen LogP contribution >= 0.6 is 0 Å². The first kappa shape index (κ1) is 17.3. The zero-order valence-electron chi connectivity index (χ0n) is 13.8. The van der Waals surface area contributed by atoms with Crippen LogP contribution in [0.2, 0.25) is 0 Å². The van der Waals surface area contributed by atoms with Gasteiger partial charge in [0.15, 0.2) is 0 Å². The van der Waals surface area contributed by atoms with Crippen LogP contribution in [0.3, 0.4) is 0 Å². The topological polar surface area (TPSA) is 65.1 Å². The normalized spacial score (nSPS) is 18.0. The van der Waals surface area contributed by atoms with Gasteiger partial charge in [-0.3, -0.25) is 0 Å². The molecule has 7 heteroatoms. The number of carbonyl (C=O) groups is 1. The van der Waals surface area contributed by atoms with Crippen molar-refractivity contribution in [3.8, 4) is 5.75 Å². The van der Waals surface area contributed by atoms with E-state index in [0.29, 0.717) is 24.6 Å². The predicted molar refractivity (Wildman–Crippen MR) is 85.0 cm³/mol. The summed E-state index contributed by atoms with van der Waals surface area (Å²) in [6.07, 6.45) is -0.107. The molecule has 0 aliphatic carbocycles. The molecule has 1 aliphatic heterocycles. The largest absolute Gasteiger partial charge is 0.758 e. The van der Waals surface area contributed by atoms with Gasteiger partial charge in [-0.1, -0.05) is 0 Å². The van der Waals surface area contributed by atoms with E-state index in [1.54, 1.807) is 25.7 Å². The first-order chi connectivity index (χ1) is 10.7. The second-order valence-corrected chi connectivity index (χ2v) is 6.56. The molecule has 0 aromatic heterocycles. The number of nitrogens with zero attached hydrogens (tertiary/aromatic N) is 2. The van der Waals surface area contributed by atoms with E-state index in [2.05, 4.69) is 0 Å². The highest BCUT2D eigenvalue weighted by Crippen LogP contribution is 2.30. The van der Waals surface area contributed by atoms with E-state index in [-0.39, 0.29) is 17.5 Å². The monoisotopic (exact) mass is 325 g/mol. The summed E-state index contributed by atoms with van der Waals surface area (Å²) in [5, 5.41) is 12.1. The number of hydroxylamine groups is 1. The first-order valence-electron chi connectivity index (χ1n) is 7.51. The highest BCUT2D eigenvalue weighted by molar-refractivity contribution is 5.68. The quantitative estimate of drug-likeness (QED) is 0.799. The lowest BCUT2D eigenvalue weighted by molar-refractivity contribution is 0.0275. The SMILES string of the molecule is CN([O-])c1ccc(F)cc1O[C@H]1CCN(C(=O)OC(C)(C)C)C1. The molecular formula is C16H22FN2O4-. The molecule has 0 saturated carbocycles. The number of rotatable bonds is 3. The number of amides is 1. The predicted octanol–water partition coefficient (Wildman–Crippen LogP) is 3.15. The zero-order valence-corrected chi connectivity index (χ0v) is 13.8. The third-order valence-corrected chi connectivity index (χ3v) is 3.35. The molecule has 1 amide bonds. The van der Waals surface area contributed by atoms with Gasteiger partial charge >= 0.3 is 6.09 Å². The van der Waals surface area contributed by atoms with E-state index in [4.69, 9.17) is 9.47 Å². The van der Waals surface area contributed by atoms with Crippen molar-refractivity contribution < 1.29 is 18.7 Å². The van der Waals surface area contributed by atoms with Gasteiger partial charge in [0.1, 0.15) is 23.3 Å². The Morgan fingerprint density at radius 2 is 2.13 bits per heavy atom. The minimum Gasteiger partial charge on any atom is -0.758 e. The number of halogens is 1. The van der Waals surface area contributed by atoms with Crippen LogP contribution in [0.1, 0.15) is 27.2 Å². The molecule has 0 radical (unpaired) electrons. The molecule has 1 atom stereocenters. The molecule has 1 heterocycles. The summed E-state index contributed by atoms with van der Waals surface area (Å²) in [4.78, 5) is 13.6. The second-order valence-electron chi connectivity index (χ2n) is 6.56. The van der Waals surface area contributed by atoms with Gasteiger partial charge in [0.05, 0.1) is 12.2 Å². The molecule has 1 fully saturated rings. The summed E-state index contributed by atoms with van der Waals surface area (Å²) in [5.41, 5.74) is -0.307. The van der Waals surface area contributed by atoms with Gasteiger partial charge in [0.2, 0.25) is 0 Å². The Kier molecular flexibility index (Phi) is 4.99. The maximum atomic E-state index is 13.4. The molecule has 0 bridgehead atoms. The number of hydrogen-bond acceptors (Lipinski definition) is 5. The second kappa shape index (κ2) is 6.62. The van der Waals surface area contributed by atoms with Crippen LogP contribution in [0.15, 0.2) is 18.2 Å². The maximum Gasteiger partial charge on any atom is 0.410 e. The first-order valence-corrected chi connectivity index (χ1v) is 7.51. The number of likely N-dealkylation sites (tertiary alicyclic amines) is 1. The van der Waals surface area contributed by atoms with Crippen molar-refractivity contribution in [3.05, 3.63) is 29.2 Å². The van der Waals surface area contributed by atoms with Crippen molar-refractivity contribution in [1.82, 2.24) is 4.90 Å². The van der Waals surface area contributed by atoms with Crippen LogP contribution in [0, 0.1) is 11.0 Å². The molecule has 1 aromatic rings. The van der Waals surface area contributed by atoms with Gasteiger partial charge in [-0.2, -0.15) is 0 Å². The summed E-state index contributed by atoms with van der Waals surface area (Å²) >= 11 is 0. The zero-order chi connectivity index (χ0) is 17.2. The highest BCUT2D eigenvalue weighted by atomic mass is 19.1. The molecule has 1 saturated heterocycles. The fourth-order valence-electron chi connectivity index (χ4n) is 2.34. The van der Waals surface area contributed by atoms with Gasteiger partial charge in [0, 0.05) is 19.0 Å². The smallest absolute Gasteiger partial charge is 0.410 e. The summed E-state index contributed by atoms with van der Waals surface area (Å²) in [6.45, 7) is 6.25. The van der Waals surface area contributed by atoms with Gasteiger partial charge in [-0.05, 0) is 40.0 Å². The fraction of sp³-hybridized carbons (Fsp3) is 0.562. The van der Waals surface area contributed by atoms with E-state index in [1.807, 2.05) is 0 Å². The molecule has 1 aromatic carbocycles. The summed E-state index contributed by atoms with van der Waals surface area (Å²) in [6, 6.07) is 3.76. The molecule has 0 N–H and O–H groups in total. The molecule has 1 aliphatic rings. The van der Waals surface area contributed by atoms with Gasteiger partial charge < -0.3 is 24.6 Å². The Morgan fingerprint density at radius 3 is 2.74 bits per heavy atom. The van der Waals surface area contributed by atoms with Crippen molar-refractivity contribution in [2.75, 3.05) is 25.2 Å². The van der Waals surface area contributed by atoms with Crippen LogP contribution in [0.4, 0.5) is 14.9 Å². The van der Waals surface area contributed by atoms with Gasteiger partial charge in [-0.15, -0.1) is 0 Å². The lowest BCUT2D eigenvalue weighted by Gasteiger charge is -2.28. The Balaban J connectivity index is 2.01. The number of hydrogen-bond donors (Lipinski definition) is 0. The van der Waals surface area contributed by atoms with Crippen LogP contribution in [0.25, 0.3) is 0 Å². The Bertz CT molecular complexity index is 572. The molecule has 23 heavy (non-hydrogen) atoms. The minimum atomic E-state index is -0.559. The third-order valence-electron chi connectivity index (χ3n) is 3.35. The van der Waals surface area contributed by atoms with E-state index in [0.717, 1.165) is 0 Å². The maximum absolute atomic E-state index is 13.4. The number of anilines is 1. The number of benzene rings is 1. The van der Waals surface area contributed by atoms with Gasteiger partial charge in [-0.25, -0.2) is 9.18 Å². The standard InChI is InChI=1S/C16H22FN2O4/c1-16(2,3)23-15(20)19-8-7-12(10-19)22-14-9-11(17)5-6-13(14)18(4)21/h5-6,9,12H,7-8,10H2,1-4H3/q-1/t12-/m0/s1. The van der Waals surface area contributed by atoms with Crippen LogP contribution in [0.5, 0.6) is 5.75 Å². The van der Waals surface area contributed by atoms with E-state index >= 15 is 0 Å². The summed E-state index contributed by atoms with van der Waals surface area (Å²) < 4.78 is 24.4. The number of ether oxygens (including phenoxy) is 2. The molecule has 6 nitrogen and oxygen atoms in total. The highest BCUT2D eigenvalue weighted by Gasteiger charge is 2.31. The van der Waals surface area contributed by atoms with E-state index in [9.17, 15) is 14.4 Å². The van der Waals surface area contributed by atoms with Crippen LogP contribution < -0.4 is 9.80 Å². The van der Waals surface area contributed by atoms with Crippen molar-refractivity contribution in [1.29, 1.82) is 0 Å². The van der Waals surface area contributed by atoms with Gasteiger partial charge in [0.25, 0.3) is 0 Å². The van der Waals surface area contributed by atoms with Crippen molar-refractivity contribution in [2.24, 2.45) is 0 Å². The lowest BCUT2D eigenvalue weighted by Crippen LogP contribution is -2.36. The van der Waals surface area contributed by atoms with E-state index in [1.165, 1.54) is 25.2 Å². The molecule has 0 unspecified atom stereocenters. The Hall–Kier alpha value is -2.02. The van der Waals surface area contributed by atoms with Crippen LogP contribution in [-0.4, -0.2) is 42.8 Å². The van der Waals surface area contributed by atoms with Crippen molar-refractivity contribution in [3.63, 3.8) is 0 Å². The molecule has 0 spiro atoms. The summed E-state index contributed by atoms with van der Waals surface area (Å²) in [7, 11) is 1.32. The third kappa shape index (κ3) is 4.72. The minimum absolute atomic E-state index is 0.179. The number of carbonyl (C=O) groups excluding carboxylic acids is 1. The average Bonchev–Trinajstić information content (AvgIpc) is 2.85. The molecule has 128 valence electrons. The average molecular weight is 325 g/mol. The van der Waals surface area contributed by atoms with Crippen LogP contribution in [-0.2, 0) is 4.74 Å². The Labute approximate surface area is 135 Å². The van der Waals surface area contributed by atoms with Crippen molar-refractivity contribution in [2.45, 2.75) is 38.9 Å². The summed E-state index contributed by atoms with van der Waals surface area (Å²) in [5.74, 6) is -0.300. The molecule has 2 rings (SSSR count). The lowest BCUT2D eigenvalue weighted by atomic mass is 10.2. The molecular weight excluding hydrogens is 303 g/mol. The van der Waals surface area contributed by atoms with E-state index < -0.39 is 17.5 Å².